The summed E-state index contributed by atoms with van der Waals surface area (Å²) < 4.78 is 1.93. The zero-order valence-electron chi connectivity index (χ0n) is 13.8. The van der Waals surface area contributed by atoms with Gasteiger partial charge in [0.25, 0.3) is 0 Å². The number of carbonyl (C=O) groups excluding carboxylic acids is 2. The molecule has 2 fully saturated rings. The van der Waals surface area contributed by atoms with Gasteiger partial charge in [-0.1, -0.05) is 6.42 Å². The van der Waals surface area contributed by atoms with Gasteiger partial charge in [0.2, 0.25) is 11.8 Å². The van der Waals surface area contributed by atoms with E-state index in [0.29, 0.717) is 19.5 Å². The zero-order valence-corrected chi connectivity index (χ0v) is 13.8. The van der Waals surface area contributed by atoms with Crippen molar-refractivity contribution in [1.29, 1.82) is 0 Å². The number of carbonyl (C=O) groups is 2. The monoisotopic (exact) mass is 319 g/mol. The molecule has 0 bridgehead atoms. The molecule has 3 rings (SSSR count). The smallest absolute Gasteiger partial charge is 0.242 e. The summed E-state index contributed by atoms with van der Waals surface area (Å²) in [6.45, 7) is 2.39. The van der Waals surface area contributed by atoms with Gasteiger partial charge in [-0.25, -0.2) is 0 Å². The first kappa shape index (κ1) is 16.0. The van der Waals surface area contributed by atoms with E-state index in [1.165, 1.54) is 0 Å². The first-order chi connectivity index (χ1) is 11.1. The molecule has 2 aliphatic rings. The molecule has 0 aliphatic carbocycles. The van der Waals surface area contributed by atoms with Crippen LogP contribution in [0.3, 0.4) is 0 Å². The standard InChI is InChI=1S/C16H25N5O2/c1-19-12-17-18-16(19)13-6-5-9-20(10-13)15(23)11-21-8-4-2-3-7-14(21)22/h12-13H,2-11H2,1H3. The Morgan fingerprint density at radius 2 is 2.13 bits per heavy atom. The van der Waals surface area contributed by atoms with Crippen LogP contribution in [-0.4, -0.2) is 62.6 Å². The van der Waals surface area contributed by atoms with Crippen molar-refractivity contribution in [2.24, 2.45) is 7.05 Å². The molecule has 7 nitrogen and oxygen atoms in total. The third-order valence-electron chi connectivity index (χ3n) is 4.88. The molecule has 126 valence electrons. The second kappa shape index (κ2) is 7.10. The number of aryl methyl sites for hydroxylation is 1. The second-order valence-corrected chi connectivity index (χ2v) is 6.60. The molecule has 1 aromatic rings. The fourth-order valence-corrected chi connectivity index (χ4v) is 3.55. The Hall–Kier alpha value is -1.92. The molecule has 0 saturated carbocycles. The summed E-state index contributed by atoms with van der Waals surface area (Å²) >= 11 is 0. The lowest BCUT2D eigenvalue weighted by molar-refractivity contribution is -0.140. The van der Waals surface area contributed by atoms with Crippen LogP contribution in [0.4, 0.5) is 0 Å². The summed E-state index contributed by atoms with van der Waals surface area (Å²) in [6.07, 6.45) is 7.30. The first-order valence-electron chi connectivity index (χ1n) is 8.54. The van der Waals surface area contributed by atoms with Gasteiger partial charge in [-0.05, 0) is 25.7 Å². The molecule has 1 atom stereocenters. The Bertz CT molecular complexity index is 571. The van der Waals surface area contributed by atoms with Crippen molar-refractivity contribution in [2.75, 3.05) is 26.2 Å². The largest absolute Gasteiger partial charge is 0.340 e. The van der Waals surface area contributed by atoms with Gasteiger partial charge in [0, 0.05) is 39.0 Å². The third kappa shape index (κ3) is 3.71. The SMILES string of the molecule is Cn1cnnc1C1CCCN(C(=O)CN2CCCCCC2=O)C1. The summed E-state index contributed by atoms with van der Waals surface area (Å²) in [4.78, 5) is 28.3. The van der Waals surface area contributed by atoms with Crippen LogP contribution in [-0.2, 0) is 16.6 Å². The van der Waals surface area contributed by atoms with Crippen molar-refractivity contribution in [3.05, 3.63) is 12.2 Å². The topological polar surface area (TPSA) is 71.3 Å². The molecular weight excluding hydrogens is 294 g/mol. The predicted octanol–water partition coefficient (Wildman–Crippen LogP) is 0.924. The van der Waals surface area contributed by atoms with Crippen LogP contribution in [0.1, 0.15) is 50.3 Å². The van der Waals surface area contributed by atoms with E-state index in [1.54, 1.807) is 11.2 Å². The molecule has 23 heavy (non-hydrogen) atoms. The normalized spacial score (nSPS) is 23.0. The highest BCUT2D eigenvalue weighted by Gasteiger charge is 2.29. The van der Waals surface area contributed by atoms with Gasteiger partial charge in [0.15, 0.2) is 0 Å². The number of aromatic nitrogens is 3. The average molecular weight is 319 g/mol. The lowest BCUT2D eigenvalue weighted by Gasteiger charge is -2.33. The minimum Gasteiger partial charge on any atom is -0.340 e. The molecule has 2 saturated heterocycles. The third-order valence-corrected chi connectivity index (χ3v) is 4.88. The molecular formula is C16H25N5O2. The molecule has 3 heterocycles. The Kier molecular flexibility index (Phi) is 4.93. The summed E-state index contributed by atoms with van der Waals surface area (Å²) in [5.41, 5.74) is 0. The van der Waals surface area contributed by atoms with E-state index in [2.05, 4.69) is 10.2 Å². The lowest BCUT2D eigenvalue weighted by Crippen LogP contribution is -2.46. The van der Waals surface area contributed by atoms with Gasteiger partial charge in [-0.3, -0.25) is 9.59 Å². The van der Waals surface area contributed by atoms with Crippen molar-refractivity contribution in [3.63, 3.8) is 0 Å². The van der Waals surface area contributed by atoms with E-state index in [-0.39, 0.29) is 24.3 Å². The lowest BCUT2D eigenvalue weighted by atomic mass is 9.97. The highest BCUT2D eigenvalue weighted by atomic mass is 16.2. The quantitative estimate of drug-likeness (QED) is 0.831. The van der Waals surface area contributed by atoms with Crippen LogP contribution < -0.4 is 0 Å². The van der Waals surface area contributed by atoms with Crippen LogP contribution in [0, 0.1) is 0 Å². The van der Waals surface area contributed by atoms with Gasteiger partial charge < -0.3 is 14.4 Å². The van der Waals surface area contributed by atoms with E-state index < -0.39 is 0 Å². The van der Waals surface area contributed by atoms with Crippen molar-refractivity contribution in [3.8, 4) is 0 Å². The van der Waals surface area contributed by atoms with Crippen molar-refractivity contribution < 1.29 is 9.59 Å². The summed E-state index contributed by atoms with van der Waals surface area (Å²) in [5, 5.41) is 8.12. The van der Waals surface area contributed by atoms with Crippen molar-refractivity contribution in [1.82, 2.24) is 24.6 Å². The first-order valence-corrected chi connectivity index (χ1v) is 8.54. The minimum atomic E-state index is 0.0621. The Morgan fingerprint density at radius 1 is 1.26 bits per heavy atom. The molecule has 1 unspecified atom stereocenters. The summed E-state index contributed by atoms with van der Waals surface area (Å²) in [7, 11) is 1.94. The minimum absolute atomic E-state index is 0.0621. The van der Waals surface area contributed by atoms with Crippen LogP contribution in [0.15, 0.2) is 6.33 Å². The zero-order chi connectivity index (χ0) is 16.2. The predicted molar refractivity (Wildman–Crippen MR) is 84.6 cm³/mol. The Morgan fingerprint density at radius 3 is 2.91 bits per heavy atom. The summed E-state index contributed by atoms with van der Waals surface area (Å²) in [6, 6.07) is 0. The highest BCUT2D eigenvalue weighted by Crippen LogP contribution is 2.25. The van der Waals surface area contributed by atoms with E-state index in [4.69, 9.17) is 0 Å². The maximum absolute atomic E-state index is 12.6. The number of nitrogens with zero attached hydrogens (tertiary/aromatic N) is 5. The number of likely N-dealkylation sites (tertiary alicyclic amines) is 2. The maximum Gasteiger partial charge on any atom is 0.242 e. The van der Waals surface area contributed by atoms with Crippen molar-refractivity contribution in [2.45, 2.75) is 44.4 Å². The molecule has 0 spiro atoms. The molecule has 0 N–H and O–H groups in total. The van der Waals surface area contributed by atoms with Crippen molar-refractivity contribution >= 4 is 11.8 Å². The number of hydrogen-bond donors (Lipinski definition) is 0. The van der Waals surface area contributed by atoms with Crippen LogP contribution >= 0.6 is 0 Å². The molecule has 2 amide bonds. The van der Waals surface area contributed by atoms with Crippen LogP contribution in [0.2, 0.25) is 0 Å². The number of piperidine rings is 1. The van der Waals surface area contributed by atoms with Crippen LogP contribution in [0.5, 0.6) is 0 Å². The summed E-state index contributed by atoms with van der Waals surface area (Å²) in [5.74, 6) is 1.36. The Balaban J connectivity index is 1.60. The fourth-order valence-electron chi connectivity index (χ4n) is 3.55. The van der Waals surface area contributed by atoms with E-state index in [0.717, 1.165) is 44.5 Å². The second-order valence-electron chi connectivity index (χ2n) is 6.60. The maximum atomic E-state index is 12.6. The molecule has 2 aliphatic heterocycles. The Labute approximate surface area is 136 Å². The molecule has 0 radical (unpaired) electrons. The van der Waals surface area contributed by atoms with Gasteiger partial charge >= 0.3 is 0 Å². The number of amides is 2. The van der Waals surface area contributed by atoms with Gasteiger partial charge in [-0.15, -0.1) is 10.2 Å². The van der Waals surface area contributed by atoms with E-state index in [9.17, 15) is 9.59 Å². The van der Waals surface area contributed by atoms with Gasteiger partial charge in [-0.2, -0.15) is 0 Å². The number of rotatable bonds is 3. The van der Waals surface area contributed by atoms with E-state index >= 15 is 0 Å². The number of hydrogen-bond acceptors (Lipinski definition) is 4. The molecule has 7 heteroatoms. The van der Waals surface area contributed by atoms with E-state index in [1.807, 2.05) is 16.5 Å². The highest BCUT2D eigenvalue weighted by molar-refractivity contribution is 5.85. The average Bonchev–Trinajstić information content (AvgIpc) is 2.89. The van der Waals surface area contributed by atoms with Gasteiger partial charge in [0.1, 0.15) is 12.2 Å². The molecule has 0 aromatic carbocycles. The fraction of sp³-hybridized carbons (Fsp3) is 0.750. The molecule has 1 aromatic heterocycles. The van der Waals surface area contributed by atoms with Gasteiger partial charge in [0.05, 0.1) is 6.54 Å². The van der Waals surface area contributed by atoms with Crippen LogP contribution in [0.25, 0.3) is 0 Å².